The van der Waals surface area contributed by atoms with Crippen LogP contribution in [0.15, 0.2) is 58.3 Å². The van der Waals surface area contributed by atoms with Crippen LogP contribution < -0.4 is 0 Å². The maximum absolute atomic E-state index is 13.0. The van der Waals surface area contributed by atoms with Crippen molar-refractivity contribution in [3.8, 4) is 5.75 Å². The number of benzene rings is 2. The normalized spacial score (nSPS) is 12.1. The lowest BCUT2D eigenvalue weighted by molar-refractivity contribution is 0.475. The van der Waals surface area contributed by atoms with Gasteiger partial charge in [0.05, 0.1) is 4.90 Å². The van der Waals surface area contributed by atoms with Crippen molar-refractivity contribution in [1.29, 1.82) is 0 Å². The van der Waals surface area contributed by atoms with E-state index in [2.05, 4.69) is 4.98 Å². The van der Waals surface area contributed by atoms with Gasteiger partial charge in [-0.1, -0.05) is 32.0 Å². The highest BCUT2D eigenvalue weighted by Gasteiger charge is 2.27. The molecule has 0 atom stereocenters. The van der Waals surface area contributed by atoms with Gasteiger partial charge in [0.25, 0.3) is 0 Å². The van der Waals surface area contributed by atoms with Crippen LogP contribution in [0, 0.1) is 0 Å². The van der Waals surface area contributed by atoms with Crippen LogP contribution in [0.5, 0.6) is 5.75 Å². The van der Waals surface area contributed by atoms with Gasteiger partial charge in [0.2, 0.25) is 9.84 Å². The van der Waals surface area contributed by atoms with Crippen molar-refractivity contribution in [3.63, 3.8) is 0 Å². The quantitative estimate of drug-likeness (QED) is 0.771. The average molecular weight is 315 g/mol. The summed E-state index contributed by atoms with van der Waals surface area (Å²) in [6.45, 7) is 3.92. The van der Waals surface area contributed by atoms with E-state index < -0.39 is 9.84 Å². The number of para-hydroxylation sites is 1. The van der Waals surface area contributed by atoms with E-state index in [0.717, 1.165) is 5.52 Å². The second-order valence-electron chi connectivity index (χ2n) is 5.57. The number of H-pyrrole nitrogens is 1. The van der Waals surface area contributed by atoms with Crippen molar-refractivity contribution < 1.29 is 13.5 Å². The highest BCUT2D eigenvalue weighted by molar-refractivity contribution is 7.91. The third-order valence-corrected chi connectivity index (χ3v) is 5.55. The molecule has 0 saturated carbocycles. The molecule has 3 aromatic rings. The fourth-order valence-corrected chi connectivity index (χ4v) is 4.35. The van der Waals surface area contributed by atoms with Crippen molar-refractivity contribution in [1.82, 2.24) is 4.98 Å². The molecule has 0 unspecified atom stereocenters. The van der Waals surface area contributed by atoms with E-state index in [9.17, 15) is 13.5 Å². The van der Waals surface area contributed by atoms with Gasteiger partial charge in [-0.3, -0.25) is 0 Å². The van der Waals surface area contributed by atoms with E-state index in [4.69, 9.17) is 0 Å². The number of sulfone groups is 1. The van der Waals surface area contributed by atoms with Gasteiger partial charge in [0, 0.05) is 16.6 Å². The van der Waals surface area contributed by atoms with Crippen LogP contribution in [0.25, 0.3) is 10.9 Å². The van der Waals surface area contributed by atoms with Crippen LogP contribution in [0.1, 0.15) is 25.5 Å². The van der Waals surface area contributed by atoms with Gasteiger partial charge < -0.3 is 10.1 Å². The summed E-state index contributed by atoms with van der Waals surface area (Å²) in [5, 5.41) is 10.1. The van der Waals surface area contributed by atoms with Crippen LogP contribution >= 0.6 is 0 Å². The number of nitrogens with one attached hydrogen (secondary N) is 1. The first-order valence-corrected chi connectivity index (χ1v) is 8.54. The Balaban J connectivity index is 2.32. The minimum Gasteiger partial charge on any atom is -0.508 e. The summed E-state index contributed by atoms with van der Waals surface area (Å²) in [6, 6.07) is 13.0. The number of hydrogen-bond acceptors (Lipinski definition) is 3. The minimum atomic E-state index is -3.66. The van der Waals surface area contributed by atoms with Gasteiger partial charge in [-0.2, -0.15) is 0 Å². The maximum atomic E-state index is 13.0. The molecule has 1 heterocycles. The van der Waals surface area contributed by atoms with Crippen LogP contribution in [0.3, 0.4) is 0 Å². The second kappa shape index (κ2) is 5.18. The van der Waals surface area contributed by atoms with E-state index in [1.54, 1.807) is 0 Å². The highest BCUT2D eigenvalue weighted by Crippen LogP contribution is 2.35. The molecule has 5 heteroatoms. The predicted octanol–water partition coefficient (Wildman–Crippen LogP) is 3.83. The zero-order chi connectivity index (χ0) is 15.9. The Kier molecular flexibility index (Phi) is 3.45. The van der Waals surface area contributed by atoms with E-state index in [1.807, 2.05) is 38.1 Å². The summed E-state index contributed by atoms with van der Waals surface area (Å²) in [4.78, 5) is 3.72. The molecule has 0 aliphatic carbocycles. The van der Waals surface area contributed by atoms with E-state index >= 15 is 0 Å². The van der Waals surface area contributed by atoms with E-state index in [1.165, 1.54) is 24.3 Å². The van der Waals surface area contributed by atoms with E-state index in [-0.39, 0.29) is 16.6 Å². The number of rotatable bonds is 3. The van der Waals surface area contributed by atoms with Crippen molar-refractivity contribution in [2.45, 2.75) is 29.6 Å². The number of aromatic hydroxyl groups is 1. The molecule has 22 heavy (non-hydrogen) atoms. The molecule has 0 amide bonds. The van der Waals surface area contributed by atoms with E-state index in [0.29, 0.717) is 16.0 Å². The predicted molar refractivity (Wildman–Crippen MR) is 85.9 cm³/mol. The molecule has 2 N–H and O–H groups in total. The Bertz CT molecular complexity index is 922. The van der Waals surface area contributed by atoms with Gasteiger partial charge in [0.15, 0.2) is 0 Å². The Hall–Kier alpha value is -2.27. The first kappa shape index (κ1) is 14.7. The average Bonchev–Trinajstić information content (AvgIpc) is 2.88. The minimum absolute atomic E-state index is 0.0435. The summed E-state index contributed by atoms with van der Waals surface area (Å²) in [6.07, 6.45) is 0. The molecule has 0 radical (unpaired) electrons. The van der Waals surface area contributed by atoms with Gasteiger partial charge in [0.1, 0.15) is 10.6 Å². The fraction of sp³-hybridized carbons (Fsp3) is 0.176. The lowest BCUT2D eigenvalue weighted by atomic mass is 10.1. The number of aromatic nitrogens is 1. The zero-order valence-corrected chi connectivity index (χ0v) is 13.2. The highest BCUT2D eigenvalue weighted by atomic mass is 32.2. The van der Waals surface area contributed by atoms with Crippen molar-refractivity contribution >= 4 is 20.7 Å². The van der Waals surface area contributed by atoms with Gasteiger partial charge >= 0.3 is 0 Å². The number of fused-ring (bicyclic) bond motifs is 1. The van der Waals surface area contributed by atoms with Crippen LogP contribution in [0.4, 0.5) is 0 Å². The molecule has 0 aliphatic heterocycles. The molecule has 0 spiro atoms. The van der Waals surface area contributed by atoms with Crippen molar-refractivity contribution in [2.24, 2.45) is 0 Å². The zero-order valence-electron chi connectivity index (χ0n) is 12.4. The molecule has 0 bridgehead atoms. The lowest BCUT2D eigenvalue weighted by Crippen LogP contribution is -2.05. The molecule has 1 aromatic heterocycles. The summed E-state index contributed by atoms with van der Waals surface area (Å²) in [5.41, 5.74) is 1.51. The third-order valence-electron chi connectivity index (χ3n) is 3.68. The number of phenolic OH excluding ortho intramolecular Hbond substituents is 1. The topological polar surface area (TPSA) is 70.2 Å². The van der Waals surface area contributed by atoms with Crippen LogP contribution in [-0.2, 0) is 9.84 Å². The molecule has 4 nitrogen and oxygen atoms in total. The van der Waals surface area contributed by atoms with Gasteiger partial charge in [-0.05, 0) is 36.2 Å². The smallest absolute Gasteiger partial charge is 0.208 e. The molecule has 2 aromatic carbocycles. The molecular formula is C17H17NO3S. The maximum Gasteiger partial charge on any atom is 0.208 e. The fourth-order valence-electron chi connectivity index (χ4n) is 2.58. The number of aromatic amines is 1. The van der Waals surface area contributed by atoms with Gasteiger partial charge in [-0.15, -0.1) is 0 Å². The van der Waals surface area contributed by atoms with Crippen molar-refractivity contribution in [3.05, 3.63) is 54.2 Å². The Morgan fingerprint density at radius 2 is 1.64 bits per heavy atom. The molecule has 114 valence electrons. The Morgan fingerprint density at radius 3 is 2.27 bits per heavy atom. The number of hydrogen-bond donors (Lipinski definition) is 2. The second-order valence-corrected chi connectivity index (χ2v) is 7.45. The standard InChI is InChI=1S/C17H17NO3S/c1-11(2)16-17(14-5-3-4-6-15(14)18-16)22(20,21)13-9-7-12(19)8-10-13/h3-11,18-19H,1-2H3. The lowest BCUT2D eigenvalue weighted by Gasteiger charge is -2.09. The Labute approximate surface area is 129 Å². The molecule has 3 rings (SSSR count). The SMILES string of the molecule is CC(C)c1[nH]c2ccccc2c1S(=O)(=O)c1ccc(O)cc1. The third kappa shape index (κ3) is 2.27. The molecule has 0 saturated heterocycles. The first-order valence-electron chi connectivity index (χ1n) is 7.06. The number of phenols is 1. The summed E-state index contributed by atoms with van der Waals surface area (Å²) in [7, 11) is -3.66. The van der Waals surface area contributed by atoms with Crippen LogP contribution in [-0.4, -0.2) is 18.5 Å². The van der Waals surface area contributed by atoms with Crippen LogP contribution in [0.2, 0.25) is 0 Å². The largest absolute Gasteiger partial charge is 0.508 e. The summed E-state index contributed by atoms with van der Waals surface area (Å²) in [5.74, 6) is 0.0937. The monoisotopic (exact) mass is 315 g/mol. The summed E-state index contributed by atoms with van der Waals surface area (Å²) >= 11 is 0. The Morgan fingerprint density at radius 1 is 1.00 bits per heavy atom. The molecular weight excluding hydrogens is 298 g/mol. The first-order chi connectivity index (χ1) is 10.4. The summed E-state index contributed by atoms with van der Waals surface area (Å²) < 4.78 is 26.1. The molecule has 0 aliphatic rings. The van der Waals surface area contributed by atoms with Gasteiger partial charge in [-0.25, -0.2) is 8.42 Å². The van der Waals surface area contributed by atoms with Crippen molar-refractivity contribution in [2.75, 3.05) is 0 Å². The molecule has 0 fully saturated rings.